The molecule has 0 aromatic heterocycles. The number of nitrogens with zero attached hydrogens (tertiary/aromatic N) is 2. The number of hydrogen-bond donors (Lipinski definition) is 2. The Bertz CT molecular complexity index is 358. The maximum atomic E-state index is 12.4. The highest BCUT2D eigenvalue weighted by molar-refractivity contribution is 5.75. The summed E-state index contributed by atoms with van der Waals surface area (Å²) in [6.45, 7) is 6.40. The van der Waals surface area contributed by atoms with Crippen LogP contribution >= 0.6 is 0 Å². The summed E-state index contributed by atoms with van der Waals surface area (Å²) in [5.74, 6) is -0.651. The summed E-state index contributed by atoms with van der Waals surface area (Å²) >= 11 is 0. The third-order valence-electron chi connectivity index (χ3n) is 3.80. The van der Waals surface area contributed by atoms with Gasteiger partial charge in [-0.1, -0.05) is 13.8 Å². The maximum Gasteiger partial charge on any atom is 0.317 e. The molecule has 122 valence electrons. The molecule has 2 N–H and O–H groups in total. The minimum atomic E-state index is -0.751. The van der Waals surface area contributed by atoms with E-state index in [1.54, 1.807) is 0 Å². The van der Waals surface area contributed by atoms with E-state index in [0.29, 0.717) is 25.3 Å². The molecule has 6 heteroatoms. The van der Waals surface area contributed by atoms with Crippen molar-refractivity contribution in [2.75, 3.05) is 33.7 Å². The van der Waals surface area contributed by atoms with Crippen molar-refractivity contribution in [3.05, 3.63) is 0 Å². The normalized spacial score (nSPS) is 21.8. The topological polar surface area (TPSA) is 72.9 Å². The molecule has 0 saturated heterocycles. The molecule has 1 aliphatic carbocycles. The van der Waals surface area contributed by atoms with Gasteiger partial charge >= 0.3 is 12.0 Å². The lowest BCUT2D eigenvalue weighted by Crippen LogP contribution is -2.47. The number of urea groups is 1. The van der Waals surface area contributed by atoms with Gasteiger partial charge in [0.15, 0.2) is 0 Å². The first-order valence-corrected chi connectivity index (χ1v) is 7.72. The molecule has 0 aromatic rings. The van der Waals surface area contributed by atoms with Crippen molar-refractivity contribution in [3.8, 4) is 0 Å². The van der Waals surface area contributed by atoms with Crippen molar-refractivity contribution in [2.45, 2.75) is 39.2 Å². The zero-order valence-electron chi connectivity index (χ0n) is 13.6. The first kappa shape index (κ1) is 17.8. The number of likely N-dealkylation sites (N-methyl/N-ethyl adjacent to an activating group) is 1. The van der Waals surface area contributed by atoms with Crippen LogP contribution in [0, 0.1) is 11.8 Å². The average Bonchev–Trinajstić information content (AvgIpc) is 2.82. The number of hydrogen-bond acceptors (Lipinski definition) is 3. The second kappa shape index (κ2) is 8.22. The number of nitrogens with one attached hydrogen (secondary N) is 1. The van der Waals surface area contributed by atoms with Crippen LogP contribution in [0.15, 0.2) is 0 Å². The Kier molecular flexibility index (Phi) is 6.95. The van der Waals surface area contributed by atoms with Crippen LogP contribution in [-0.4, -0.2) is 66.7 Å². The highest BCUT2D eigenvalue weighted by atomic mass is 16.4. The van der Waals surface area contributed by atoms with Crippen molar-refractivity contribution >= 4 is 12.0 Å². The fourth-order valence-corrected chi connectivity index (χ4v) is 2.64. The Morgan fingerprint density at radius 1 is 1.24 bits per heavy atom. The third-order valence-corrected chi connectivity index (χ3v) is 3.80. The molecule has 0 radical (unpaired) electrons. The molecular weight excluding hydrogens is 270 g/mol. The predicted molar refractivity (Wildman–Crippen MR) is 82.3 cm³/mol. The number of carbonyl (C=O) groups excluding carboxylic acids is 1. The number of carbonyl (C=O) groups is 2. The van der Waals surface area contributed by atoms with Gasteiger partial charge in [0.25, 0.3) is 0 Å². The standard InChI is InChI=1S/C15H29N3O3/c1-11(2)10-18(8-7-17(3)4)15(21)16-13-6-5-12(9-13)14(19)20/h11-13H,5-10H2,1-4H3,(H,16,21)(H,19,20). The Morgan fingerprint density at radius 2 is 1.90 bits per heavy atom. The lowest BCUT2D eigenvalue weighted by atomic mass is 10.1. The minimum Gasteiger partial charge on any atom is -0.481 e. The number of carboxylic acids is 1. The summed E-state index contributed by atoms with van der Waals surface area (Å²) < 4.78 is 0. The van der Waals surface area contributed by atoms with E-state index < -0.39 is 5.97 Å². The van der Waals surface area contributed by atoms with Crippen LogP contribution in [0.1, 0.15) is 33.1 Å². The van der Waals surface area contributed by atoms with E-state index in [9.17, 15) is 9.59 Å². The third kappa shape index (κ3) is 6.33. The summed E-state index contributed by atoms with van der Waals surface area (Å²) in [6.07, 6.45) is 1.96. The Morgan fingerprint density at radius 3 is 2.38 bits per heavy atom. The molecular formula is C15H29N3O3. The zero-order chi connectivity index (χ0) is 16.0. The lowest BCUT2D eigenvalue weighted by Gasteiger charge is -2.27. The minimum absolute atomic E-state index is 0.00683. The van der Waals surface area contributed by atoms with Crippen LogP contribution in [0.2, 0.25) is 0 Å². The molecule has 1 saturated carbocycles. The largest absolute Gasteiger partial charge is 0.481 e. The van der Waals surface area contributed by atoms with Gasteiger partial charge in [0.05, 0.1) is 5.92 Å². The van der Waals surface area contributed by atoms with Gasteiger partial charge < -0.3 is 20.2 Å². The fourth-order valence-electron chi connectivity index (χ4n) is 2.64. The van der Waals surface area contributed by atoms with E-state index >= 15 is 0 Å². The molecule has 2 amide bonds. The molecule has 21 heavy (non-hydrogen) atoms. The van der Waals surface area contributed by atoms with Crippen LogP contribution in [0.4, 0.5) is 4.79 Å². The Balaban J connectivity index is 2.50. The van der Waals surface area contributed by atoms with Crippen LogP contribution in [0.5, 0.6) is 0 Å². The SMILES string of the molecule is CC(C)CN(CCN(C)C)C(=O)NC1CCC(C(=O)O)C1. The van der Waals surface area contributed by atoms with Gasteiger partial charge in [0, 0.05) is 25.7 Å². The van der Waals surface area contributed by atoms with Gasteiger partial charge in [-0.25, -0.2) is 4.79 Å². The summed E-state index contributed by atoms with van der Waals surface area (Å²) in [4.78, 5) is 27.2. The molecule has 1 fully saturated rings. The van der Waals surface area contributed by atoms with E-state index in [0.717, 1.165) is 19.5 Å². The zero-order valence-corrected chi connectivity index (χ0v) is 13.6. The summed E-state index contributed by atoms with van der Waals surface area (Å²) in [7, 11) is 3.97. The van der Waals surface area contributed by atoms with Gasteiger partial charge in [0.1, 0.15) is 0 Å². The number of rotatable bonds is 7. The van der Waals surface area contributed by atoms with Gasteiger partial charge in [-0.15, -0.1) is 0 Å². The molecule has 6 nitrogen and oxygen atoms in total. The second-order valence-corrected chi connectivity index (χ2v) is 6.64. The molecule has 0 bridgehead atoms. The second-order valence-electron chi connectivity index (χ2n) is 6.64. The average molecular weight is 299 g/mol. The Labute approximate surface area is 127 Å². The van der Waals surface area contributed by atoms with Gasteiger partial charge in [0.2, 0.25) is 0 Å². The smallest absolute Gasteiger partial charge is 0.317 e. The maximum absolute atomic E-state index is 12.4. The number of amides is 2. The quantitative estimate of drug-likeness (QED) is 0.746. The molecule has 2 unspecified atom stereocenters. The fraction of sp³-hybridized carbons (Fsp3) is 0.867. The van der Waals surface area contributed by atoms with Crippen LogP contribution < -0.4 is 5.32 Å². The van der Waals surface area contributed by atoms with E-state index in [1.807, 2.05) is 19.0 Å². The summed E-state index contributed by atoms with van der Waals surface area (Å²) in [5, 5.41) is 12.0. The highest BCUT2D eigenvalue weighted by Crippen LogP contribution is 2.25. The molecule has 1 aliphatic rings. The number of aliphatic carboxylic acids is 1. The molecule has 2 atom stereocenters. The van der Waals surface area contributed by atoms with Crippen molar-refractivity contribution in [2.24, 2.45) is 11.8 Å². The molecule has 0 spiro atoms. The van der Waals surface area contributed by atoms with Crippen molar-refractivity contribution in [3.63, 3.8) is 0 Å². The van der Waals surface area contributed by atoms with Gasteiger partial charge in [-0.2, -0.15) is 0 Å². The molecule has 0 aromatic carbocycles. The first-order chi connectivity index (χ1) is 9.79. The van der Waals surface area contributed by atoms with Crippen LogP contribution in [0.3, 0.4) is 0 Å². The lowest BCUT2D eigenvalue weighted by molar-refractivity contribution is -0.141. The van der Waals surface area contributed by atoms with E-state index in [-0.39, 0.29) is 18.0 Å². The van der Waals surface area contributed by atoms with E-state index in [1.165, 1.54) is 0 Å². The van der Waals surface area contributed by atoms with Gasteiger partial charge in [-0.3, -0.25) is 4.79 Å². The highest BCUT2D eigenvalue weighted by Gasteiger charge is 2.31. The first-order valence-electron chi connectivity index (χ1n) is 7.72. The van der Waals surface area contributed by atoms with Crippen LogP contribution in [-0.2, 0) is 4.79 Å². The van der Waals surface area contributed by atoms with Crippen LogP contribution in [0.25, 0.3) is 0 Å². The van der Waals surface area contributed by atoms with Crippen molar-refractivity contribution < 1.29 is 14.7 Å². The molecule has 0 aliphatic heterocycles. The molecule has 0 heterocycles. The Hall–Kier alpha value is -1.30. The van der Waals surface area contributed by atoms with E-state index in [2.05, 4.69) is 24.1 Å². The summed E-state index contributed by atoms with van der Waals surface area (Å²) in [5.41, 5.74) is 0. The van der Waals surface area contributed by atoms with Gasteiger partial charge in [-0.05, 0) is 39.3 Å². The summed E-state index contributed by atoms with van der Waals surface area (Å²) in [6, 6.07) is -0.0748. The monoisotopic (exact) mass is 299 g/mol. The van der Waals surface area contributed by atoms with Crippen molar-refractivity contribution in [1.82, 2.24) is 15.1 Å². The predicted octanol–water partition coefficient (Wildman–Crippen LogP) is 1.47. The van der Waals surface area contributed by atoms with E-state index in [4.69, 9.17) is 5.11 Å². The van der Waals surface area contributed by atoms with Crippen molar-refractivity contribution in [1.29, 1.82) is 0 Å². The molecule has 1 rings (SSSR count). The number of carboxylic acid groups (broad SMARTS) is 1.